The van der Waals surface area contributed by atoms with Crippen molar-refractivity contribution in [3.63, 3.8) is 0 Å². The summed E-state index contributed by atoms with van der Waals surface area (Å²) in [6.45, 7) is 11.7. The van der Waals surface area contributed by atoms with Crippen LogP contribution in [-0.4, -0.2) is 14.2 Å². The van der Waals surface area contributed by atoms with Gasteiger partial charge in [-0.25, -0.2) is 0 Å². The number of allylic oxidation sites excluding steroid dienone is 2. The average molecular weight is 241 g/mol. The lowest BCUT2D eigenvalue weighted by Gasteiger charge is -2.25. The van der Waals surface area contributed by atoms with Gasteiger partial charge in [-0.3, -0.25) is 0 Å². The highest BCUT2D eigenvalue weighted by atomic mass is 28.3. The van der Waals surface area contributed by atoms with Crippen LogP contribution in [0.3, 0.4) is 0 Å². The summed E-state index contributed by atoms with van der Waals surface area (Å²) in [7, 11) is -1.29. The summed E-state index contributed by atoms with van der Waals surface area (Å²) in [5, 5.41) is 1.68. The molecule has 1 nitrogen and oxygen atoms in total. The number of nitrogens with two attached hydrogens (primary N) is 1. The van der Waals surface area contributed by atoms with Gasteiger partial charge < -0.3 is 5.73 Å². The molecule has 0 aromatic heterocycles. The van der Waals surface area contributed by atoms with E-state index in [2.05, 4.69) is 33.9 Å². The lowest BCUT2D eigenvalue weighted by atomic mass is 10.0. The molecule has 0 aliphatic heterocycles. The molecule has 0 saturated heterocycles. The molecule has 0 radical (unpaired) electrons. The zero-order valence-electron chi connectivity index (χ0n) is 12.0. The molecule has 0 aromatic carbocycles. The minimum atomic E-state index is -1.29. The van der Waals surface area contributed by atoms with Gasteiger partial charge in [0.2, 0.25) is 0 Å². The lowest BCUT2D eigenvalue weighted by Crippen LogP contribution is -2.39. The van der Waals surface area contributed by atoms with E-state index in [0.29, 0.717) is 0 Å². The molecule has 0 aliphatic rings. The third kappa shape index (κ3) is 5.31. The largest absolute Gasteiger partial charge is 0.333 e. The fraction of sp³-hybridized carbons (Fsp3) is 0.857. The molecule has 0 heterocycles. The Morgan fingerprint density at radius 2 is 1.44 bits per heavy atom. The van der Waals surface area contributed by atoms with Crippen LogP contribution in [0.15, 0.2) is 10.8 Å². The quantitative estimate of drug-likeness (QED) is 0.625. The van der Waals surface area contributed by atoms with Crippen molar-refractivity contribution in [1.82, 2.24) is 0 Å². The Labute approximate surface area is 104 Å². The van der Waals surface area contributed by atoms with Crippen molar-refractivity contribution < 1.29 is 0 Å². The first-order valence-electron chi connectivity index (χ1n) is 6.88. The molecule has 0 aromatic rings. The molecule has 0 fully saturated rings. The molecule has 2 heteroatoms. The summed E-state index contributed by atoms with van der Waals surface area (Å²) >= 11 is 0. The van der Waals surface area contributed by atoms with Gasteiger partial charge >= 0.3 is 0 Å². The van der Waals surface area contributed by atoms with Gasteiger partial charge in [0, 0.05) is 0 Å². The smallest absolute Gasteiger partial charge is 0.0887 e. The summed E-state index contributed by atoms with van der Waals surface area (Å²) < 4.78 is 0. The first-order valence-corrected chi connectivity index (χ1v) is 10.1. The zero-order valence-corrected chi connectivity index (χ0v) is 13.0. The zero-order chi connectivity index (χ0) is 12.6. The highest BCUT2D eigenvalue weighted by molar-refractivity contribution is 6.84. The van der Waals surface area contributed by atoms with E-state index in [1.54, 1.807) is 10.8 Å². The lowest BCUT2D eigenvalue weighted by molar-refractivity contribution is 0.708. The maximum atomic E-state index is 5.93. The maximum Gasteiger partial charge on any atom is 0.0887 e. The number of hydrogen-bond donors (Lipinski definition) is 1. The Bertz CT molecular complexity index is 209. The first-order chi connectivity index (χ1) is 7.49. The SMILES string of the molecule is CCCCC(CCCC)=C(C)[Si](C)(C)CN. The van der Waals surface area contributed by atoms with Crippen LogP contribution < -0.4 is 5.73 Å². The van der Waals surface area contributed by atoms with Crippen molar-refractivity contribution in [2.45, 2.75) is 72.4 Å². The van der Waals surface area contributed by atoms with Gasteiger partial charge in [-0.1, -0.05) is 50.6 Å². The van der Waals surface area contributed by atoms with E-state index in [1.165, 1.54) is 38.5 Å². The van der Waals surface area contributed by atoms with Crippen molar-refractivity contribution in [1.29, 1.82) is 0 Å². The van der Waals surface area contributed by atoms with Crippen molar-refractivity contribution in [2.75, 3.05) is 6.17 Å². The van der Waals surface area contributed by atoms with Crippen molar-refractivity contribution in [2.24, 2.45) is 5.73 Å². The third-order valence-corrected chi connectivity index (χ3v) is 7.12. The highest BCUT2D eigenvalue weighted by Crippen LogP contribution is 2.25. The van der Waals surface area contributed by atoms with Crippen LogP contribution in [0.2, 0.25) is 13.1 Å². The van der Waals surface area contributed by atoms with Crippen LogP contribution in [-0.2, 0) is 0 Å². The van der Waals surface area contributed by atoms with Gasteiger partial charge in [-0.2, -0.15) is 0 Å². The molecule has 0 aliphatic carbocycles. The van der Waals surface area contributed by atoms with Crippen molar-refractivity contribution in [3.8, 4) is 0 Å². The molecule has 0 saturated carbocycles. The van der Waals surface area contributed by atoms with Gasteiger partial charge in [0.05, 0.1) is 8.07 Å². The Balaban J connectivity index is 4.73. The van der Waals surface area contributed by atoms with Crippen LogP contribution in [0.25, 0.3) is 0 Å². The topological polar surface area (TPSA) is 26.0 Å². The number of unbranched alkanes of at least 4 members (excludes halogenated alkanes) is 2. The normalized spacial score (nSPS) is 11.6. The van der Waals surface area contributed by atoms with Gasteiger partial charge in [-0.15, -0.1) is 0 Å². The molecule has 0 spiro atoms. The van der Waals surface area contributed by atoms with E-state index in [1.807, 2.05) is 0 Å². The van der Waals surface area contributed by atoms with Gasteiger partial charge in [0.25, 0.3) is 0 Å². The van der Waals surface area contributed by atoms with E-state index in [4.69, 9.17) is 5.73 Å². The van der Waals surface area contributed by atoms with Crippen LogP contribution in [0.5, 0.6) is 0 Å². The summed E-state index contributed by atoms with van der Waals surface area (Å²) in [5.74, 6) is 0. The molecule has 96 valence electrons. The summed E-state index contributed by atoms with van der Waals surface area (Å²) in [5.41, 5.74) is 7.66. The highest BCUT2D eigenvalue weighted by Gasteiger charge is 2.23. The molecule has 2 N–H and O–H groups in total. The molecule has 0 rings (SSSR count). The maximum absolute atomic E-state index is 5.93. The minimum absolute atomic E-state index is 0.889. The Morgan fingerprint density at radius 1 is 1.00 bits per heavy atom. The van der Waals surface area contributed by atoms with E-state index in [0.717, 1.165) is 6.17 Å². The van der Waals surface area contributed by atoms with Crippen molar-refractivity contribution in [3.05, 3.63) is 10.8 Å². The van der Waals surface area contributed by atoms with Crippen LogP contribution in [0, 0.1) is 0 Å². The monoisotopic (exact) mass is 241 g/mol. The second-order valence-electron chi connectivity index (χ2n) is 5.52. The van der Waals surface area contributed by atoms with Crippen LogP contribution >= 0.6 is 0 Å². The van der Waals surface area contributed by atoms with Gasteiger partial charge in [-0.05, 0) is 38.8 Å². The Hall–Kier alpha value is -0.0831. The second-order valence-corrected chi connectivity index (χ2v) is 10.4. The Kier molecular flexibility index (Phi) is 8.03. The van der Waals surface area contributed by atoms with Crippen molar-refractivity contribution >= 4 is 8.07 Å². The molecule has 0 bridgehead atoms. The average Bonchev–Trinajstić information content (AvgIpc) is 2.28. The standard InChI is InChI=1S/C14H31NSi/c1-6-8-10-14(11-9-7-2)13(3)16(4,5)12-15/h6-12,15H2,1-5H3. The van der Waals surface area contributed by atoms with Gasteiger partial charge in [0.15, 0.2) is 0 Å². The third-order valence-electron chi connectivity index (χ3n) is 3.72. The van der Waals surface area contributed by atoms with E-state index >= 15 is 0 Å². The van der Waals surface area contributed by atoms with Crippen LogP contribution in [0.4, 0.5) is 0 Å². The van der Waals surface area contributed by atoms with E-state index < -0.39 is 8.07 Å². The minimum Gasteiger partial charge on any atom is -0.333 e. The number of rotatable bonds is 8. The predicted octanol–water partition coefficient (Wildman–Crippen LogP) is 4.43. The molecule has 0 unspecified atom stereocenters. The second kappa shape index (κ2) is 8.07. The molecule has 16 heavy (non-hydrogen) atoms. The fourth-order valence-corrected chi connectivity index (χ4v) is 3.43. The molecule has 0 atom stereocenters. The van der Waals surface area contributed by atoms with E-state index in [-0.39, 0.29) is 0 Å². The predicted molar refractivity (Wildman–Crippen MR) is 78.3 cm³/mol. The van der Waals surface area contributed by atoms with Crippen LogP contribution in [0.1, 0.15) is 59.3 Å². The fourth-order valence-electron chi connectivity index (χ4n) is 1.91. The molecular formula is C14H31NSi. The number of hydrogen-bond acceptors (Lipinski definition) is 1. The molecular weight excluding hydrogens is 210 g/mol. The summed E-state index contributed by atoms with van der Waals surface area (Å²) in [4.78, 5) is 0. The molecule has 0 amide bonds. The Morgan fingerprint density at radius 3 is 1.75 bits per heavy atom. The summed E-state index contributed by atoms with van der Waals surface area (Å²) in [6, 6.07) is 0. The van der Waals surface area contributed by atoms with E-state index in [9.17, 15) is 0 Å². The summed E-state index contributed by atoms with van der Waals surface area (Å²) in [6.07, 6.45) is 8.77. The first kappa shape index (κ1) is 15.9. The van der Waals surface area contributed by atoms with Gasteiger partial charge in [0.1, 0.15) is 0 Å².